The Hall–Kier alpha value is -2.94. The zero-order chi connectivity index (χ0) is 36.9. The van der Waals surface area contributed by atoms with E-state index in [1.54, 1.807) is 18.2 Å². The first-order valence-electron chi connectivity index (χ1n) is 18.6. The van der Waals surface area contributed by atoms with Gasteiger partial charge in [-0.25, -0.2) is 17.6 Å². The number of carbonyl (C=O) groups is 1. The van der Waals surface area contributed by atoms with Crippen molar-refractivity contribution in [2.45, 2.75) is 84.7 Å². The van der Waals surface area contributed by atoms with Gasteiger partial charge in [-0.05, 0) is 112 Å². The number of rotatable bonds is 11. The molecule has 0 aromatic heterocycles. The van der Waals surface area contributed by atoms with Crippen LogP contribution in [0.1, 0.15) is 56.9 Å². The lowest BCUT2D eigenvalue weighted by molar-refractivity contribution is -0.284. The fourth-order valence-corrected chi connectivity index (χ4v) is 11.7. The molecule has 0 spiro atoms. The van der Waals surface area contributed by atoms with E-state index in [4.69, 9.17) is 4.74 Å². The number of anilines is 1. The molecule has 3 saturated heterocycles. The van der Waals surface area contributed by atoms with Crippen molar-refractivity contribution in [2.24, 2.45) is 17.8 Å². The van der Waals surface area contributed by atoms with E-state index in [0.717, 1.165) is 102 Å². The Kier molecular flexibility index (Phi) is 10.3. The van der Waals surface area contributed by atoms with Gasteiger partial charge in [-0.2, -0.15) is 13.2 Å². The molecule has 1 amide bonds. The first-order chi connectivity index (χ1) is 24.7. The van der Waals surface area contributed by atoms with Crippen molar-refractivity contribution in [2.75, 3.05) is 64.4 Å². The van der Waals surface area contributed by atoms with Gasteiger partial charge in [-0.1, -0.05) is 18.6 Å². The summed E-state index contributed by atoms with van der Waals surface area (Å²) in [4.78, 5) is 19.6. The maximum Gasteiger partial charge on any atom is 0.417 e. The molecule has 2 aromatic carbocycles. The van der Waals surface area contributed by atoms with E-state index < -0.39 is 45.8 Å². The summed E-state index contributed by atoms with van der Waals surface area (Å²) >= 11 is 0. The lowest BCUT2D eigenvalue weighted by Gasteiger charge is -2.54. The Balaban J connectivity index is 0.980. The van der Waals surface area contributed by atoms with Gasteiger partial charge in [0.2, 0.25) is 0 Å². The molecule has 3 aliphatic heterocycles. The smallest absolute Gasteiger partial charge is 0.417 e. The van der Waals surface area contributed by atoms with Crippen LogP contribution >= 0.6 is 0 Å². The molecule has 2 N–H and O–H groups in total. The van der Waals surface area contributed by atoms with Gasteiger partial charge in [0, 0.05) is 62.1 Å². The third-order valence-corrected chi connectivity index (χ3v) is 15.0. The molecule has 0 radical (unpaired) electrons. The van der Waals surface area contributed by atoms with Crippen LogP contribution in [0.3, 0.4) is 0 Å². The van der Waals surface area contributed by atoms with Gasteiger partial charge in [0.25, 0.3) is 0 Å². The predicted octanol–water partition coefficient (Wildman–Crippen LogP) is 5.37. The largest absolute Gasteiger partial charge is 0.453 e. The van der Waals surface area contributed by atoms with Crippen molar-refractivity contribution >= 4 is 21.6 Å². The summed E-state index contributed by atoms with van der Waals surface area (Å²) < 4.78 is 85.0. The van der Waals surface area contributed by atoms with Crippen LogP contribution in [0.2, 0.25) is 0 Å². The standard InChI is InChI=1S/C38H50F4N4O5S/c1-51-35(47)43-34-8-3-7-33(34)37(25-45-15-4-16-45,28-5-2-6-29(39)19-28)27-13-17-44(18-14-27)22-26-23-46(24-26)30-9-11-31(12-10-30)52(49,50)32-20-36(48,21-32)38(40,41)42/h2,5-6,9-12,19,26-27,32-34,48H,3-4,7-8,13-18,20-25H2,1H3,(H,43,47)/t32?,33-,34-,36?,37-/m0/s1. The average Bonchev–Trinajstić information content (AvgIpc) is 3.52. The van der Waals surface area contributed by atoms with E-state index in [1.807, 2.05) is 6.07 Å². The van der Waals surface area contributed by atoms with Crippen molar-refractivity contribution in [1.29, 1.82) is 0 Å². The third kappa shape index (κ3) is 7.04. The number of carbonyl (C=O) groups excluding carboxylic acids is 1. The molecular weight excluding hydrogens is 701 g/mol. The normalized spacial score (nSPS) is 29.1. The Bertz CT molecular complexity index is 1690. The van der Waals surface area contributed by atoms with Crippen LogP contribution in [0, 0.1) is 23.6 Å². The summed E-state index contributed by atoms with van der Waals surface area (Å²) in [5.41, 5.74) is -1.35. The van der Waals surface area contributed by atoms with Crippen molar-refractivity contribution in [3.63, 3.8) is 0 Å². The van der Waals surface area contributed by atoms with Crippen LogP contribution in [0.5, 0.6) is 0 Å². The van der Waals surface area contributed by atoms with Gasteiger partial charge in [0.05, 0.1) is 17.3 Å². The van der Waals surface area contributed by atoms with Crippen LogP contribution < -0.4 is 10.2 Å². The lowest BCUT2D eigenvalue weighted by atomic mass is 9.57. The monoisotopic (exact) mass is 750 g/mol. The number of ether oxygens (including phenoxy) is 1. The average molecular weight is 751 g/mol. The van der Waals surface area contributed by atoms with Gasteiger partial charge < -0.3 is 29.9 Å². The van der Waals surface area contributed by atoms with Crippen molar-refractivity contribution in [3.8, 4) is 0 Å². The number of hydrogen-bond acceptors (Lipinski definition) is 8. The van der Waals surface area contributed by atoms with Crippen LogP contribution in [0.4, 0.5) is 28.0 Å². The number of piperidine rings is 1. The van der Waals surface area contributed by atoms with Crippen molar-refractivity contribution in [1.82, 2.24) is 15.1 Å². The Labute approximate surface area is 303 Å². The summed E-state index contributed by atoms with van der Waals surface area (Å²) in [6, 6.07) is 13.4. The second-order valence-corrected chi connectivity index (χ2v) is 18.1. The number of halogens is 4. The highest BCUT2D eigenvalue weighted by Gasteiger charge is 2.64. The summed E-state index contributed by atoms with van der Waals surface area (Å²) in [5.74, 6) is 0.670. The van der Waals surface area contributed by atoms with Crippen LogP contribution in [-0.4, -0.2) is 112 Å². The van der Waals surface area contributed by atoms with Crippen molar-refractivity contribution in [3.05, 3.63) is 59.9 Å². The zero-order valence-corrected chi connectivity index (χ0v) is 30.5. The molecule has 52 heavy (non-hydrogen) atoms. The Morgan fingerprint density at radius 3 is 2.25 bits per heavy atom. The number of aliphatic hydroxyl groups is 1. The predicted molar refractivity (Wildman–Crippen MR) is 188 cm³/mol. The maximum absolute atomic E-state index is 14.9. The number of hydrogen-bond donors (Lipinski definition) is 2. The molecule has 5 fully saturated rings. The number of methoxy groups -OCH3 is 1. The molecule has 0 bridgehead atoms. The van der Waals surface area contributed by atoms with E-state index in [0.29, 0.717) is 11.8 Å². The molecule has 3 atom stereocenters. The van der Waals surface area contributed by atoms with Crippen molar-refractivity contribution < 1.29 is 40.6 Å². The fraction of sp³-hybridized carbons (Fsp3) is 0.658. The quantitative estimate of drug-likeness (QED) is 0.296. The van der Waals surface area contributed by atoms with Crippen LogP contribution in [0.25, 0.3) is 0 Å². The van der Waals surface area contributed by atoms with E-state index in [2.05, 4.69) is 26.1 Å². The van der Waals surface area contributed by atoms with E-state index in [9.17, 15) is 35.9 Å². The number of amides is 1. The molecule has 14 heteroatoms. The summed E-state index contributed by atoms with van der Waals surface area (Å²) in [7, 11) is -2.59. The minimum absolute atomic E-state index is 0.0288. The topological polar surface area (TPSA) is 102 Å². The van der Waals surface area contributed by atoms with Gasteiger partial charge in [-0.15, -0.1) is 0 Å². The van der Waals surface area contributed by atoms with Gasteiger partial charge >= 0.3 is 12.3 Å². The first kappa shape index (κ1) is 37.4. The second kappa shape index (κ2) is 14.4. The summed E-state index contributed by atoms with van der Waals surface area (Å²) in [6.45, 7) is 7.33. The zero-order valence-electron chi connectivity index (χ0n) is 29.7. The molecule has 286 valence electrons. The van der Waals surface area contributed by atoms with Crippen LogP contribution in [0.15, 0.2) is 53.4 Å². The minimum atomic E-state index is -4.85. The first-order valence-corrected chi connectivity index (χ1v) is 20.2. The molecule has 5 aliphatic rings. The number of alkyl carbamates (subject to hydrolysis) is 1. The van der Waals surface area contributed by atoms with Crippen LogP contribution in [-0.2, 0) is 20.0 Å². The van der Waals surface area contributed by atoms with Gasteiger partial charge in [-0.3, -0.25) is 0 Å². The molecular formula is C38H50F4N4O5S. The van der Waals surface area contributed by atoms with E-state index in [1.165, 1.54) is 25.3 Å². The Morgan fingerprint density at radius 1 is 0.962 bits per heavy atom. The summed E-state index contributed by atoms with van der Waals surface area (Å²) in [5, 5.41) is 11.6. The SMILES string of the molecule is COC(=O)N[C@H]1CCC[C@@H]1[C@](CN1CCC1)(c1cccc(F)c1)C1CCN(CC2CN(c3ccc(S(=O)(=O)C4CC(O)(C(F)(F)F)C4)cc3)C2)CC1. The number of alkyl halides is 3. The number of sulfone groups is 1. The lowest BCUT2D eigenvalue weighted by Crippen LogP contribution is -2.60. The van der Waals surface area contributed by atoms with Gasteiger partial charge in [0.1, 0.15) is 5.82 Å². The molecule has 7 rings (SSSR count). The van der Waals surface area contributed by atoms with E-state index >= 15 is 0 Å². The molecule has 0 unspecified atom stereocenters. The highest BCUT2D eigenvalue weighted by atomic mass is 32.2. The highest BCUT2D eigenvalue weighted by molar-refractivity contribution is 7.92. The molecule has 2 saturated carbocycles. The molecule has 2 aromatic rings. The minimum Gasteiger partial charge on any atom is -0.453 e. The third-order valence-electron chi connectivity index (χ3n) is 12.9. The second-order valence-electron chi connectivity index (χ2n) is 15.9. The Morgan fingerprint density at radius 2 is 1.65 bits per heavy atom. The van der Waals surface area contributed by atoms with Gasteiger partial charge in [0.15, 0.2) is 15.4 Å². The molecule has 2 aliphatic carbocycles. The summed E-state index contributed by atoms with van der Waals surface area (Å²) in [6.07, 6.45) is -1.02. The number of likely N-dealkylation sites (tertiary alicyclic amines) is 2. The maximum atomic E-state index is 14.9. The fourth-order valence-electron chi connectivity index (χ4n) is 9.81. The van der Waals surface area contributed by atoms with E-state index in [-0.39, 0.29) is 28.1 Å². The molecule has 3 heterocycles. The highest BCUT2D eigenvalue weighted by Crippen LogP contribution is 2.52. The number of nitrogens with zero attached hydrogens (tertiary/aromatic N) is 3. The number of nitrogens with one attached hydrogen (secondary N) is 1. The number of benzene rings is 2. The molecule has 9 nitrogen and oxygen atoms in total.